The largest absolute Gasteiger partial charge is 0.370 e. The summed E-state index contributed by atoms with van der Waals surface area (Å²) in [5.41, 5.74) is 3.92. The van der Waals surface area contributed by atoms with E-state index in [9.17, 15) is 13.6 Å². The third-order valence-electron chi connectivity index (χ3n) is 9.84. The number of hydroxylamine groups is 1. The van der Waals surface area contributed by atoms with Crippen LogP contribution in [0.5, 0.6) is 0 Å². The number of rotatable bonds is 9. The summed E-state index contributed by atoms with van der Waals surface area (Å²) in [7, 11) is 0. The van der Waals surface area contributed by atoms with E-state index in [1.807, 2.05) is 13.0 Å². The van der Waals surface area contributed by atoms with Gasteiger partial charge in [0.05, 0.1) is 24.0 Å². The molecule has 2 aromatic carbocycles. The summed E-state index contributed by atoms with van der Waals surface area (Å²) in [4.78, 5) is 34.9. The second-order valence-corrected chi connectivity index (χ2v) is 13.0. The van der Waals surface area contributed by atoms with E-state index in [4.69, 9.17) is 4.84 Å². The van der Waals surface area contributed by atoms with Gasteiger partial charge in [-0.25, -0.2) is 23.8 Å². The molecule has 0 radical (unpaired) electrons. The number of halogens is 2. The van der Waals surface area contributed by atoms with Crippen LogP contribution in [0.1, 0.15) is 49.3 Å². The van der Waals surface area contributed by atoms with Crippen LogP contribution in [0.2, 0.25) is 0 Å². The molecule has 10 nitrogen and oxygen atoms in total. The Bertz CT molecular complexity index is 1600. The highest BCUT2D eigenvalue weighted by atomic mass is 19.1. The van der Waals surface area contributed by atoms with Crippen LogP contribution >= 0.6 is 0 Å². The number of hydrogen-bond acceptors (Lipinski definition) is 9. The number of nitrogens with one attached hydrogen (secondary N) is 2. The van der Waals surface area contributed by atoms with Crippen LogP contribution in [0, 0.1) is 18.6 Å². The molecule has 1 aromatic heterocycles. The fraction of sp³-hybridized carbons (Fsp3) is 0.457. The smallest absolute Gasteiger partial charge is 0.247 e. The first-order valence-corrected chi connectivity index (χ1v) is 16.6. The minimum atomic E-state index is -0.637. The highest BCUT2D eigenvalue weighted by Gasteiger charge is 2.34. The molecule has 3 saturated heterocycles. The summed E-state index contributed by atoms with van der Waals surface area (Å²) in [5.74, 6) is -0.585. The molecule has 47 heavy (non-hydrogen) atoms. The molecule has 4 fully saturated rings. The van der Waals surface area contributed by atoms with Crippen molar-refractivity contribution in [3.05, 3.63) is 78.1 Å². The first-order chi connectivity index (χ1) is 22.8. The average molecular weight is 645 g/mol. The molecule has 1 saturated carbocycles. The number of anilines is 5. The van der Waals surface area contributed by atoms with Gasteiger partial charge in [0.15, 0.2) is 5.82 Å². The van der Waals surface area contributed by atoms with Gasteiger partial charge in [-0.05, 0) is 74.1 Å². The van der Waals surface area contributed by atoms with Gasteiger partial charge in [0.1, 0.15) is 23.8 Å². The third-order valence-corrected chi connectivity index (χ3v) is 9.84. The van der Waals surface area contributed by atoms with Crippen molar-refractivity contribution in [1.82, 2.24) is 19.8 Å². The highest BCUT2D eigenvalue weighted by Crippen LogP contribution is 2.38. The van der Waals surface area contributed by atoms with E-state index in [0.29, 0.717) is 42.0 Å². The Morgan fingerprint density at radius 1 is 0.872 bits per heavy atom. The Balaban J connectivity index is 1.06. The number of aryl methyl sites for hydroxylation is 1. The van der Waals surface area contributed by atoms with Gasteiger partial charge in [-0.3, -0.25) is 19.4 Å². The molecule has 3 aromatic rings. The molecule has 1 amide bonds. The summed E-state index contributed by atoms with van der Waals surface area (Å²) >= 11 is 0. The lowest BCUT2D eigenvalue weighted by atomic mass is 10.0. The predicted molar refractivity (Wildman–Crippen MR) is 179 cm³/mol. The molecule has 7 rings (SSSR count). The lowest BCUT2D eigenvalue weighted by Gasteiger charge is -2.43. The Labute approximate surface area is 274 Å². The second kappa shape index (κ2) is 13.5. The van der Waals surface area contributed by atoms with E-state index in [2.05, 4.69) is 47.9 Å². The number of amides is 1. The van der Waals surface area contributed by atoms with Gasteiger partial charge in [-0.2, -0.15) is 0 Å². The molecule has 248 valence electrons. The molecule has 12 heteroatoms. The SMILES string of the molecule is C=CC(=O)Nc1cc(Nc2cc(N3OCCC3c3cc(F)cc(F)c3)ncn2)c(C)cc1N1CCC(N2CCN(C3CC3)CC2)CC1. The van der Waals surface area contributed by atoms with E-state index >= 15 is 0 Å². The standard InChI is InChI=1S/C35H42F2N8O2/c1-3-35(46)41-30-20-29(23(2)16-32(30)44-9-6-28(7-10-44)43-13-11-42(12-14-43)27-4-5-27)40-33-21-34(39-22-38-33)45-31(8-15-47-45)24-17-25(36)19-26(37)18-24/h3,16-22,27-28,31H,1,4-15H2,2H3,(H,41,46)(H,38,39,40). The number of aromatic nitrogens is 2. The second-order valence-electron chi connectivity index (χ2n) is 13.0. The maximum Gasteiger partial charge on any atom is 0.247 e. The predicted octanol–water partition coefficient (Wildman–Crippen LogP) is 5.56. The number of carbonyl (C=O) groups excluding carboxylic acids is 1. The Hall–Kier alpha value is -4.13. The van der Waals surface area contributed by atoms with Crippen LogP contribution in [0.4, 0.5) is 37.5 Å². The molecule has 0 bridgehead atoms. The molecular formula is C35H42F2N8O2. The minimum absolute atomic E-state index is 0.278. The summed E-state index contributed by atoms with van der Waals surface area (Å²) in [6, 6.07) is 10.3. The number of piperazine rings is 1. The molecule has 1 unspecified atom stereocenters. The summed E-state index contributed by atoms with van der Waals surface area (Å²) in [6.07, 6.45) is 8.15. The normalized spacial score (nSPS) is 21.2. The van der Waals surface area contributed by atoms with Gasteiger partial charge < -0.3 is 15.5 Å². The van der Waals surface area contributed by atoms with Gasteiger partial charge >= 0.3 is 0 Å². The maximum absolute atomic E-state index is 14.0. The fourth-order valence-electron chi connectivity index (χ4n) is 7.19. The first kappa shape index (κ1) is 31.5. The van der Waals surface area contributed by atoms with Gasteiger partial charge in [0.25, 0.3) is 0 Å². The maximum atomic E-state index is 14.0. The van der Waals surface area contributed by atoms with Crippen molar-refractivity contribution in [3.63, 3.8) is 0 Å². The fourth-order valence-corrected chi connectivity index (χ4v) is 7.19. The van der Waals surface area contributed by atoms with Crippen LogP contribution in [0.15, 0.2) is 55.4 Å². The number of piperidine rings is 1. The molecule has 2 N–H and O–H groups in total. The zero-order chi connectivity index (χ0) is 32.5. The van der Waals surface area contributed by atoms with Crippen molar-refractivity contribution in [1.29, 1.82) is 0 Å². The van der Waals surface area contributed by atoms with E-state index in [1.165, 1.54) is 50.5 Å². The Morgan fingerprint density at radius 2 is 1.55 bits per heavy atom. The number of nitrogens with zero attached hydrogens (tertiary/aromatic N) is 6. The Kier molecular flexibility index (Phi) is 9.07. The van der Waals surface area contributed by atoms with Crippen LogP contribution in [0.25, 0.3) is 0 Å². The number of carbonyl (C=O) groups is 1. The zero-order valence-corrected chi connectivity index (χ0v) is 26.8. The van der Waals surface area contributed by atoms with Crippen molar-refractivity contribution in [2.45, 2.75) is 57.2 Å². The van der Waals surface area contributed by atoms with Crippen molar-refractivity contribution in [3.8, 4) is 0 Å². The van der Waals surface area contributed by atoms with Crippen molar-refractivity contribution >= 4 is 34.6 Å². The lowest BCUT2D eigenvalue weighted by molar-refractivity contribution is -0.111. The monoisotopic (exact) mass is 644 g/mol. The molecule has 1 atom stereocenters. The molecule has 0 spiro atoms. The molecule has 4 aliphatic rings. The molecular weight excluding hydrogens is 602 g/mol. The minimum Gasteiger partial charge on any atom is -0.370 e. The topological polar surface area (TPSA) is 89.1 Å². The van der Waals surface area contributed by atoms with Crippen LogP contribution in [0.3, 0.4) is 0 Å². The number of benzene rings is 2. The molecule has 3 aliphatic heterocycles. The number of hydrogen-bond donors (Lipinski definition) is 2. The van der Waals surface area contributed by atoms with E-state index in [-0.39, 0.29) is 5.91 Å². The average Bonchev–Trinajstić information content (AvgIpc) is 3.81. The van der Waals surface area contributed by atoms with Crippen molar-refractivity contribution in [2.24, 2.45) is 0 Å². The molecule has 4 heterocycles. The quantitative estimate of drug-likeness (QED) is 0.291. The van der Waals surface area contributed by atoms with E-state index < -0.39 is 17.7 Å². The van der Waals surface area contributed by atoms with Gasteiger partial charge in [-0.1, -0.05) is 6.58 Å². The van der Waals surface area contributed by atoms with Crippen molar-refractivity contribution in [2.75, 3.05) is 66.5 Å². The van der Waals surface area contributed by atoms with Crippen LogP contribution in [-0.4, -0.2) is 83.6 Å². The third kappa shape index (κ3) is 7.09. The Morgan fingerprint density at radius 3 is 2.21 bits per heavy atom. The highest BCUT2D eigenvalue weighted by molar-refractivity contribution is 6.02. The van der Waals surface area contributed by atoms with Gasteiger partial charge in [-0.15, -0.1) is 0 Å². The van der Waals surface area contributed by atoms with Gasteiger partial charge in [0, 0.05) is 75.6 Å². The molecule has 1 aliphatic carbocycles. The van der Waals surface area contributed by atoms with E-state index in [0.717, 1.165) is 68.1 Å². The van der Waals surface area contributed by atoms with Crippen molar-refractivity contribution < 1.29 is 18.4 Å². The van der Waals surface area contributed by atoms with E-state index in [1.54, 1.807) is 11.1 Å². The summed E-state index contributed by atoms with van der Waals surface area (Å²) < 4.78 is 28.0. The van der Waals surface area contributed by atoms with Crippen LogP contribution < -0.4 is 20.6 Å². The summed E-state index contributed by atoms with van der Waals surface area (Å²) in [6.45, 7) is 12.6. The first-order valence-electron chi connectivity index (χ1n) is 16.6. The zero-order valence-electron chi connectivity index (χ0n) is 26.8. The van der Waals surface area contributed by atoms with Gasteiger partial charge in [0.2, 0.25) is 5.91 Å². The summed E-state index contributed by atoms with van der Waals surface area (Å²) in [5, 5.41) is 7.97. The lowest BCUT2D eigenvalue weighted by Crippen LogP contribution is -2.53. The van der Waals surface area contributed by atoms with Crippen LogP contribution in [-0.2, 0) is 9.63 Å².